The van der Waals surface area contributed by atoms with E-state index in [9.17, 15) is 28.3 Å². The normalized spacial score (nSPS) is 12.8. The molecule has 4 rings (SSSR count). The number of aromatic nitrogens is 8. The number of phosphoric ester groups is 2. The van der Waals surface area contributed by atoms with Gasteiger partial charge in [0.1, 0.15) is 23.7 Å². The maximum atomic E-state index is 13.3. The number of nitrogens with one attached hydrogen (secondary N) is 2. The third-order valence-electron chi connectivity index (χ3n) is 8.23. The molecule has 0 bridgehead atoms. The molecule has 0 aliphatic rings. The van der Waals surface area contributed by atoms with Crippen molar-refractivity contribution in [1.82, 2.24) is 39.0 Å². The molecule has 0 saturated heterocycles. The molecule has 0 aliphatic carbocycles. The first-order valence-electron chi connectivity index (χ1n) is 22.1. The van der Waals surface area contributed by atoms with Gasteiger partial charge in [0.2, 0.25) is 27.2 Å². The number of carbonyl (C=O) groups excluding carboxylic acids is 4. The zero-order valence-electron chi connectivity index (χ0n) is 41.6. The molecule has 73 heavy (non-hydrogen) atoms. The second-order valence-corrected chi connectivity index (χ2v) is 19.0. The summed E-state index contributed by atoms with van der Waals surface area (Å²) in [5.74, 6) is 0.739. The highest BCUT2D eigenvalue weighted by Gasteiger charge is 2.31. The van der Waals surface area contributed by atoms with E-state index in [2.05, 4.69) is 40.5 Å². The van der Waals surface area contributed by atoms with E-state index in [0.29, 0.717) is 34.0 Å². The molecular weight excluding hydrogens is 1020 g/mol. The molecule has 0 spiro atoms. The Balaban J connectivity index is 1.29. The Kier molecular flexibility index (Phi) is 24.1. The van der Waals surface area contributed by atoms with Gasteiger partial charge >= 0.3 is 40.3 Å². The second kappa shape index (κ2) is 29.6. The minimum Gasteiger partial charge on any atom is -0.432 e. The third kappa shape index (κ3) is 21.5. The quantitative estimate of drug-likeness (QED) is 0.0226. The molecule has 0 amide bonds. The maximum absolute atomic E-state index is 13.3. The number of hydrogen-bond acceptors (Lipinski definition) is 30. The summed E-state index contributed by atoms with van der Waals surface area (Å²) in [7, 11) is -9.11. The molecule has 0 aliphatic heterocycles. The van der Waals surface area contributed by atoms with Crippen LogP contribution in [-0.4, -0.2) is 148 Å². The number of anilines is 2. The van der Waals surface area contributed by atoms with Crippen molar-refractivity contribution < 1.29 is 103 Å². The smallest absolute Gasteiger partial charge is 0.432 e. The Hall–Kier alpha value is -6.08. The minimum atomic E-state index is -4.55. The van der Waals surface area contributed by atoms with Gasteiger partial charge in [0.05, 0.1) is 69.0 Å². The zero-order valence-corrected chi connectivity index (χ0v) is 43.4. The maximum Gasteiger partial charge on any atom is 0.510 e. The molecule has 0 radical (unpaired) electrons. The van der Waals surface area contributed by atoms with Gasteiger partial charge in [-0.1, -0.05) is 0 Å². The van der Waals surface area contributed by atoms with Crippen LogP contribution in [0.1, 0.15) is 69.2 Å². The number of fused-ring (bicyclic) bond motifs is 2. The van der Waals surface area contributed by atoms with Crippen molar-refractivity contribution in [3.8, 4) is 0 Å². The lowest BCUT2D eigenvalue weighted by Crippen LogP contribution is -2.20. The van der Waals surface area contributed by atoms with Crippen LogP contribution in [0.5, 0.6) is 0 Å². The number of phosphoric acid groups is 2. The first-order valence-corrected chi connectivity index (χ1v) is 25.0. The van der Waals surface area contributed by atoms with Gasteiger partial charge in [-0.2, -0.15) is 0 Å². The van der Waals surface area contributed by atoms with Gasteiger partial charge in [-0.15, -0.1) is 0 Å². The first-order chi connectivity index (χ1) is 34.6. The van der Waals surface area contributed by atoms with E-state index >= 15 is 0 Å². The van der Waals surface area contributed by atoms with E-state index in [1.165, 1.54) is 25.3 Å². The molecular formula is C39H60N10O22P2. The van der Waals surface area contributed by atoms with Gasteiger partial charge in [-0.05, 0) is 69.2 Å². The summed E-state index contributed by atoms with van der Waals surface area (Å²) in [5.41, 5.74) is 1.69. The molecule has 0 saturated carbocycles. The molecule has 0 fully saturated rings. The van der Waals surface area contributed by atoms with Crippen molar-refractivity contribution in [2.45, 2.75) is 119 Å². The molecule has 34 heteroatoms. The largest absolute Gasteiger partial charge is 0.510 e. The SMILES string of the molecule is CC(C)OC(=O)OCOP(=O)(OCOC(=O)OC(C)C)OCOC(C)Cn1cnc2c(NCNc3ncnc4c3ncn4CC(C)OCOP(=O)(OCOC(=O)OC(C)C)OCOC(=O)OC(C)C)ncnc21. The molecule has 0 aromatic carbocycles. The number of nitrogens with zero attached hydrogens (tertiary/aromatic N) is 8. The number of ether oxygens (including phenoxy) is 10. The van der Waals surface area contributed by atoms with Crippen LogP contribution < -0.4 is 10.6 Å². The summed E-state index contributed by atoms with van der Waals surface area (Å²) in [6, 6.07) is 0. The van der Waals surface area contributed by atoms with Crippen LogP contribution in [-0.2, 0) is 96.7 Å². The van der Waals surface area contributed by atoms with Gasteiger partial charge < -0.3 is 67.1 Å². The third-order valence-corrected chi connectivity index (χ3v) is 10.8. The first kappa shape index (κ1) is 59.5. The summed E-state index contributed by atoms with van der Waals surface area (Å²) in [5, 5.41) is 6.30. The van der Waals surface area contributed by atoms with Gasteiger partial charge in [0.15, 0.2) is 36.5 Å². The molecule has 4 aromatic heterocycles. The van der Waals surface area contributed by atoms with E-state index in [1.807, 2.05) is 0 Å². The van der Waals surface area contributed by atoms with Crippen LogP contribution in [0.4, 0.5) is 30.8 Å². The summed E-state index contributed by atoms with van der Waals surface area (Å²) in [4.78, 5) is 73.3. The topological polar surface area (TPSA) is 361 Å². The van der Waals surface area contributed by atoms with Gasteiger partial charge in [0.25, 0.3) is 0 Å². The molecule has 32 nitrogen and oxygen atoms in total. The second-order valence-electron chi connectivity index (χ2n) is 15.7. The molecule has 2 N–H and O–H groups in total. The Morgan fingerprint density at radius 2 is 0.767 bits per heavy atom. The highest BCUT2D eigenvalue weighted by atomic mass is 31.2. The monoisotopic (exact) mass is 1080 g/mol. The predicted molar refractivity (Wildman–Crippen MR) is 246 cm³/mol. The average molecular weight is 1080 g/mol. The number of hydrogen-bond donors (Lipinski definition) is 2. The predicted octanol–water partition coefficient (Wildman–Crippen LogP) is 6.56. The van der Waals surface area contributed by atoms with Crippen LogP contribution >= 0.6 is 15.6 Å². The lowest BCUT2D eigenvalue weighted by atomic mass is 10.4. The molecule has 2 atom stereocenters. The highest BCUT2D eigenvalue weighted by Crippen LogP contribution is 2.50. The lowest BCUT2D eigenvalue weighted by molar-refractivity contribution is -0.0817. The minimum absolute atomic E-state index is 0.0991. The molecule has 4 aromatic rings. The zero-order chi connectivity index (χ0) is 53.6. The summed E-state index contributed by atoms with van der Waals surface area (Å²) >= 11 is 0. The van der Waals surface area contributed by atoms with Crippen LogP contribution in [0.2, 0.25) is 0 Å². The van der Waals surface area contributed by atoms with E-state index < -0.39 is 118 Å². The van der Waals surface area contributed by atoms with E-state index in [1.54, 1.807) is 78.4 Å². The fourth-order valence-electron chi connectivity index (χ4n) is 5.27. The molecule has 2 unspecified atom stereocenters. The van der Waals surface area contributed by atoms with Crippen LogP contribution in [0.25, 0.3) is 22.3 Å². The van der Waals surface area contributed by atoms with E-state index in [4.69, 9.17) is 74.5 Å². The van der Waals surface area contributed by atoms with Crippen molar-refractivity contribution in [3.05, 3.63) is 25.3 Å². The van der Waals surface area contributed by atoms with Crippen LogP contribution in [0.3, 0.4) is 0 Å². The van der Waals surface area contributed by atoms with E-state index in [-0.39, 0.29) is 19.8 Å². The van der Waals surface area contributed by atoms with Gasteiger partial charge in [-0.3, -0.25) is 9.05 Å². The van der Waals surface area contributed by atoms with Crippen molar-refractivity contribution >= 4 is 74.2 Å². The fraction of sp³-hybridized carbons (Fsp3) is 0.641. The van der Waals surface area contributed by atoms with Crippen molar-refractivity contribution in [1.29, 1.82) is 0 Å². The number of imidazole rings is 2. The standard InChI is InChI=1S/C39H60N10O22P2/c1-24(2)68-36(50)58-20-64-72(54,65-21-59-37(51)69-25(3)4)62-18-56-28(9)11-48-16-46-30-32(42-14-44-34(30)48)40-13-41-33-31-35(45-15-43-33)49(17-47-31)12-29(10)57-19-63-73(55,66-22-60-38(52)70-26(5)6)67-23-61-39(53)71-27(7)8/h14-17,24-29H,11-13,18-23H2,1-10H3,(H,40,42,44)(H,41,43,45). The summed E-state index contributed by atoms with van der Waals surface area (Å²) < 4.78 is 110. The Labute approximate surface area is 417 Å². The molecule has 408 valence electrons. The van der Waals surface area contributed by atoms with Crippen molar-refractivity contribution in [2.75, 3.05) is 58.1 Å². The summed E-state index contributed by atoms with van der Waals surface area (Å²) in [6.07, 6.45) is -1.92. The highest BCUT2D eigenvalue weighted by molar-refractivity contribution is 7.48. The number of rotatable bonds is 32. The Morgan fingerprint density at radius 3 is 1.07 bits per heavy atom. The van der Waals surface area contributed by atoms with E-state index in [0.717, 1.165) is 0 Å². The number of carbonyl (C=O) groups is 4. The van der Waals surface area contributed by atoms with Crippen LogP contribution in [0, 0.1) is 0 Å². The Bertz CT molecular complexity index is 2250. The Morgan fingerprint density at radius 1 is 0.466 bits per heavy atom. The average Bonchev–Trinajstić information content (AvgIpc) is 3.89. The fourth-order valence-corrected chi connectivity index (χ4v) is 6.82. The van der Waals surface area contributed by atoms with Crippen LogP contribution in [0.15, 0.2) is 25.3 Å². The van der Waals surface area contributed by atoms with Gasteiger partial charge in [0, 0.05) is 0 Å². The lowest BCUT2D eigenvalue weighted by Gasteiger charge is -2.19. The van der Waals surface area contributed by atoms with Crippen molar-refractivity contribution in [3.63, 3.8) is 0 Å². The molecule has 4 heterocycles. The van der Waals surface area contributed by atoms with Gasteiger partial charge in [-0.25, -0.2) is 76.3 Å². The summed E-state index contributed by atoms with van der Waals surface area (Å²) in [6.45, 7) is 11.7. The van der Waals surface area contributed by atoms with Crippen molar-refractivity contribution in [2.24, 2.45) is 0 Å².